The van der Waals surface area contributed by atoms with Crippen LogP contribution < -0.4 is 10.9 Å². The Bertz CT molecular complexity index is 727. The van der Waals surface area contributed by atoms with Crippen LogP contribution in [0.15, 0.2) is 29.1 Å². The van der Waals surface area contributed by atoms with Gasteiger partial charge in [0.2, 0.25) is 0 Å². The van der Waals surface area contributed by atoms with Crippen LogP contribution in [0.25, 0.3) is 10.8 Å². The van der Waals surface area contributed by atoms with E-state index >= 15 is 0 Å². The first-order valence-electron chi connectivity index (χ1n) is 6.47. The summed E-state index contributed by atoms with van der Waals surface area (Å²) in [6.07, 6.45) is 2.07. The normalized spacial score (nSPS) is 14.6. The van der Waals surface area contributed by atoms with Gasteiger partial charge in [-0.3, -0.25) is 9.59 Å². The number of amides is 1. The van der Waals surface area contributed by atoms with Gasteiger partial charge in [-0.2, -0.15) is 0 Å². The smallest absolute Gasteiger partial charge is 0.268 e. The molecule has 1 aromatic heterocycles. The van der Waals surface area contributed by atoms with E-state index in [1.54, 1.807) is 13.1 Å². The summed E-state index contributed by atoms with van der Waals surface area (Å²) in [5.74, 6) is -0.162. The molecule has 1 fully saturated rings. The van der Waals surface area contributed by atoms with E-state index in [-0.39, 0.29) is 17.5 Å². The van der Waals surface area contributed by atoms with Crippen molar-refractivity contribution >= 4 is 16.7 Å². The van der Waals surface area contributed by atoms with Crippen molar-refractivity contribution in [1.82, 2.24) is 9.88 Å². The SMILES string of the molecule is Cc1ccc2cc(C(=O)NC3CC3)n(C)c(=O)c2c1. The third-order valence-corrected chi connectivity index (χ3v) is 3.54. The zero-order valence-corrected chi connectivity index (χ0v) is 11.1. The lowest BCUT2D eigenvalue weighted by atomic mass is 10.1. The Hall–Kier alpha value is -2.10. The topological polar surface area (TPSA) is 51.1 Å². The van der Waals surface area contributed by atoms with Gasteiger partial charge >= 0.3 is 0 Å². The minimum atomic E-state index is -0.162. The summed E-state index contributed by atoms with van der Waals surface area (Å²) in [4.78, 5) is 24.4. The van der Waals surface area contributed by atoms with Crippen molar-refractivity contribution in [3.8, 4) is 0 Å². The second kappa shape index (κ2) is 4.23. The molecule has 1 amide bonds. The first-order valence-corrected chi connectivity index (χ1v) is 6.47. The summed E-state index contributed by atoms with van der Waals surface area (Å²) in [5, 5.41) is 4.39. The van der Waals surface area contributed by atoms with E-state index in [9.17, 15) is 9.59 Å². The number of hydrogen-bond acceptors (Lipinski definition) is 2. The molecule has 0 radical (unpaired) electrons. The summed E-state index contributed by atoms with van der Waals surface area (Å²) in [7, 11) is 1.64. The minimum Gasteiger partial charge on any atom is -0.348 e. The summed E-state index contributed by atoms with van der Waals surface area (Å²) < 4.78 is 1.43. The van der Waals surface area contributed by atoms with Gasteiger partial charge in [0.25, 0.3) is 11.5 Å². The number of aryl methyl sites for hydroxylation is 1. The van der Waals surface area contributed by atoms with E-state index in [0.717, 1.165) is 23.8 Å². The van der Waals surface area contributed by atoms with Crippen LogP contribution in [0.3, 0.4) is 0 Å². The Labute approximate surface area is 111 Å². The van der Waals surface area contributed by atoms with E-state index in [2.05, 4.69) is 5.32 Å². The van der Waals surface area contributed by atoms with Crippen LogP contribution in [-0.4, -0.2) is 16.5 Å². The molecule has 1 saturated carbocycles. The molecule has 2 aromatic rings. The molecule has 98 valence electrons. The van der Waals surface area contributed by atoms with Crippen LogP contribution in [0, 0.1) is 6.92 Å². The minimum absolute atomic E-state index is 0.123. The number of rotatable bonds is 2. The zero-order chi connectivity index (χ0) is 13.6. The lowest BCUT2D eigenvalue weighted by Gasteiger charge is -2.10. The number of carbonyl (C=O) groups excluding carboxylic acids is 1. The van der Waals surface area contributed by atoms with Gasteiger partial charge in [0, 0.05) is 18.5 Å². The van der Waals surface area contributed by atoms with Gasteiger partial charge < -0.3 is 9.88 Å². The average Bonchev–Trinajstić information content (AvgIpc) is 3.18. The van der Waals surface area contributed by atoms with Gasteiger partial charge in [0.15, 0.2) is 0 Å². The van der Waals surface area contributed by atoms with Crippen molar-refractivity contribution in [2.75, 3.05) is 0 Å². The van der Waals surface area contributed by atoms with Crippen molar-refractivity contribution in [2.24, 2.45) is 7.05 Å². The number of hydrogen-bond donors (Lipinski definition) is 1. The molecule has 4 nitrogen and oxygen atoms in total. The average molecular weight is 256 g/mol. The standard InChI is InChI=1S/C15H16N2O2/c1-9-3-4-10-8-13(14(18)16-11-5-6-11)17(2)15(19)12(10)7-9/h3-4,7-8,11H,5-6H2,1-2H3,(H,16,18). The van der Waals surface area contributed by atoms with Crippen molar-refractivity contribution in [3.63, 3.8) is 0 Å². The fourth-order valence-electron chi connectivity index (χ4n) is 2.22. The second-order valence-corrected chi connectivity index (χ2v) is 5.23. The van der Waals surface area contributed by atoms with Crippen LogP contribution in [0.5, 0.6) is 0 Å². The molecule has 0 saturated heterocycles. The third kappa shape index (κ3) is 2.14. The molecule has 0 spiro atoms. The number of fused-ring (bicyclic) bond motifs is 1. The molecule has 1 aromatic carbocycles. The summed E-state index contributed by atoms with van der Waals surface area (Å²) in [6, 6.07) is 7.77. The van der Waals surface area contributed by atoms with E-state index in [0.29, 0.717) is 11.1 Å². The Morgan fingerprint density at radius 1 is 1.32 bits per heavy atom. The number of nitrogens with zero attached hydrogens (tertiary/aromatic N) is 1. The number of carbonyl (C=O) groups is 1. The highest BCUT2D eigenvalue weighted by Crippen LogP contribution is 2.20. The van der Waals surface area contributed by atoms with Crippen molar-refractivity contribution < 1.29 is 4.79 Å². The molecule has 0 bridgehead atoms. The summed E-state index contributed by atoms with van der Waals surface area (Å²) in [5.41, 5.74) is 1.34. The summed E-state index contributed by atoms with van der Waals surface area (Å²) >= 11 is 0. The molecule has 0 atom stereocenters. The van der Waals surface area contributed by atoms with Crippen LogP contribution in [0.1, 0.15) is 28.9 Å². The third-order valence-electron chi connectivity index (χ3n) is 3.54. The van der Waals surface area contributed by atoms with Gasteiger partial charge in [-0.25, -0.2) is 0 Å². The number of aromatic nitrogens is 1. The molecule has 19 heavy (non-hydrogen) atoms. The monoisotopic (exact) mass is 256 g/mol. The highest BCUT2D eigenvalue weighted by molar-refractivity contribution is 5.97. The highest BCUT2D eigenvalue weighted by atomic mass is 16.2. The van der Waals surface area contributed by atoms with Gasteiger partial charge in [0.1, 0.15) is 5.69 Å². The predicted octanol–water partition coefficient (Wildman–Crippen LogP) is 1.74. The molecule has 1 aliphatic rings. The van der Waals surface area contributed by atoms with Crippen LogP contribution in [-0.2, 0) is 7.05 Å². The molecule has 0 aliphatic heterocycles. The molecular weight excluding hydrogens is 240 g/mol. The van der Waals surface area contributed by atoms with Crippen LogP contribution in [0.2, 0.25) is 0 Å². The molecular formula is C15H16N2O2. The Morgan fingerprint density at radius 2 is 2.05 bits per heavy atom. The van der Waals surface area contributed by atoms with Crippen LogP contribution in [0.4, 0.5) is 0 Å². The van der Waals surface area contributed by atoms with E-state index in [4.69, 9.17) is 0 Å². The maximum absolute atomic E-state index is 12.3. The van der Waals surface area contributed by atoms with E-state index in [1.807, 2.05) is 25.1 Å². The van der Waals surface area contributed by atoms with Gasteiger partial charge in [-0.05, 0) is 37.3 Å². The quantitative estimate of drug-likeness (QED) is 0.889. The largest absolute Gasteiger partial charge is 0.348 e. The Balaban J connectivity index is 2.15. The number of nitrogens with one attached hydrogen (secondary N) is 1. The van der Waals surface area contributed by atoms with Gasteiger partial charge in [-0.15, -0.1) is 0 Å². The van der Waals surface area contributed by atoms with Gasteiger partial charge in [-0.1, -0.05) is 17.7 Å². The highest BCUT2D eigenvalue weighted by Gasteiger charge is 2.25. The zero-order valence-electron chi connectivity index (χ0n) is 11.1. The van der Waals surface area contributed by atoms with Crippen molar-refractivity contribution in [1.29, 1.82) is 0 Å². The Morgan fingerprint density at radius 3 is 2.74 bits per heavy atom. The lowest BCUT2D eigenvalue weighted by molar-refractivity contribution is 0.0942. The summed E-state index contributed by atoms with van der Waals surface area (Å²) in [6.45, 7) is 1.95. The maximum Gasteiger partial charge on any atom is 0.268 e. The first-order chi connectivity index (χ1) is 9.06. The molecule has 4 heteroatoms. The molecule has 1 N–H and O–H groups in total. The maximum atomic E-state index is 12.3. The number of pyridine rings is 1. The fourth-order valence-corrected chi connectivity index (χ4v) is 2.22. The Kier molecular flexibility index (Phi) is 2.66. The fraction of sp³-hybridized carbons (Fsp3) is 0.333. The van der Waals surface area contributed by atoms with Crippen LogP contribution >= 0.6 is 0 Å². The van der Waals surface area contributed by atoms with Crippen molar-refractivity contribution in [2.45, 2.75) is 25.8 Å². The molecule has 1 aliphatic carbocycles. The predicted molar refractivity (Wildman–Crippen MR) is 74.4 cm³/mol. The first kappa shape index (κ1) is 12.0. The molecule has 1 heterocycles. The van der Waals surface area contributed by atoms with Gasteiger partial charge in [0.05, 0.1) is 0 Å². The molecule has 0 unspecified atom stereocenters. The second-order valence-electron chi connectivity index (χ2n) is 5.23. The number of benzene rings is 1. The lowest BCUT2D eigenvalue weighted by Crippen LogP contribution is -2.32. The molecule has 3 rings (SSSR count). The van der Waals surface area contributed by atoms with E-state index in [1.165, 1.54) is 4.57 Å². The van der Waals surface area contributed by atoms with E-state index < -0.39 is 0 Å². The van der Waals surface area contributed by atoms with Crippen molar-refractivity contribution in [3.05, 3.63) is 45.9 Å².